The Labute approximate surface area is 153 Å². The molecule has 1 N–H and O–H groups in total. The molecular formula is C19H20N2O4S. The first-order valence-corrected chi connectivity index (χ1v) is 9.73. The number of amides is 1. The van der Waals surface area contributed by atoms with Crippen LogP contribution in [0.15, 0.2) is 65.3 Å². The molecule has 0 bridgehead atoms. The highest BCUT2D eigenvalue weighted by atomic mass is 32.2. The number of anilines is 1. The predicted molar refractivity (Wildman–Crippen MR) is 99.5 cm³/mol. The molecule has 7 heteroatoms. The lowest BCUT2D eigenvalue weighted by Gasteiger charge is -2.20. The monoisotopic (exact) mass is 372 g/mol. The molecular weight excluding hydrogens is 352 g/mol. The van der Waals surface area contributed by atoms with Crippen molar-refractivity contribution < 1.29 is 17.9 Å². The maximum Gasteiger partial charge on any atom is 0.264 e. The van der Waals surface area contributed by atoms with Crippen LogP contribution in [0.5, 0.6) is 0 Å². The number of para-hydroxylation sites is 1. The van der Waals surface area contributed by atoms with Gasteiger partial charge in [-0.2, -0.15) is 0 Å². The van der Waals surface area contributed by atoms with E-state index in [2.05, 4.69) is 0 Å². The molecule has 2 aromatic carbocycles. The average molecular weight is 372 g/mol. The number of carbonyl (C=O) groups excluding carboxylic acids is 1. The number of benzene rings is 2. The average Bonchev–Trinajstić information content (AvgIpc) is 3.03. The number of hydrogen-bond donors (Lipinski definition) is 1. The first-order chi connectivity index (χ1) is 12.4. The van der Waals surface area contributed by atoms with E-state index >= 15 is 0 Å². The Hall–Kier alpha value is -2.80. The van der Waals surface area contributed by atoms with Crippen molar-refractivity contribution in [3.63, 3.8) is 0 Å². The summed E-state index contributed by atoms with van der Waals surface area (Å²) in [7, 11) is -3.85. The Morgan fingerprint density at radius 2 is 1.77 bits per heavy atom. The Bertz CT molecular complexity index is 935. The fourth-order valence-corrected chi connectivity index (χ4v) is 3.78. The smallest absolute Gasteiger partial charge is 0.264 e. The van der Waals surface area contributed by atoms with Crippen LogP contribution in [-0.4, -0.2) is 21.1 Å². The molecule has 0 aromatic heterocycles. The van der Waals surface area contributed by atoms with Crippen molar-refractivity contribution in [3.05, 3.63) is 65.9 Å². The molecule has 1 heterocycles. The molecule has 136 valence electrons. The standard InChI is InChI=1S/C19H20N2O4S/c1-3-18(22)20-26(23,24)17-11-9-15(10-12-17)19-14(2)25-13-21(19)16-7-5-4-6-8-16/h4-12H,3,13H2,1-2H3,(H,20,22). The summed E-state index contributed by atoms with van der Waals surface area (Å²) in [5.41, 5.74) is 2.72. The Kier molecular flexibility index (Phi) is 4.99. The van der Waals surface area contributed by atoms with Crippen LogP contribution in [-0.2, 0) is 19.6 Å². The van der Waals surface area contributed by atoms with Gasteiger partial charge in [0.25, 0.3) is 10.0 Å². The maximum atomic E-state index is 12.2. The highest BCUT2D eigenvalue weighted by Gasteiger charge is 2.25. The van der Waals surface area contributed by atoms with Crippen molar-refractivity contribution in [3.8, 4) is 0 Å². The summed E-state index contributed by atoms with van der Waals surface area (Å²) in [6.07, 6.45) is 0.104. The molecule has 0 radical (unpaired) electrons. The molecule has 0 atom stereocenters. The van der Waals surface area contributed by atoms with E-state index in [-0.39, 0.29) is 11.3 Å². The van der Waals surface area contributed by atoms with E-state index in [9.17, 15) is 13.2 Å². The predicted octanol–water partition coefficient (Wildman–Crippen LogP) is 3.08. The van der Waals surface area contributed by atoms with Gasteiger partial charge in [0, 0.05) is 17.7 Å². The Morgan fingerprint density at radius 1 is 1.12 bits per heavy atom. The van der Waals surface area contributed by atoms with Crippen LogP contribution in [0, 0.1) is 0 Å². The summed E-state index contributed by atoms with van der Waals surface area (Å²) < 4.78 is 32.1. The normalized spacial score (nSPS) is 14.3. The van der Waals surface area contributed by atoms with Gasteiger partial charge in [-0.05, 0) is 31.2 Å². The Balaban J connectivity index is 1.90. The fraction of sp³-hybridized carbons (Fsp3) is 0.211. The minimum atomic E-state index is -3.85. The second-order valence-corrected chi connectivity index (χ2v) is 7.53. The third-order valence-electron chi connectivity index (χ3n) is 4.09. The SMILES string of the molecule is CCC(=O)NS(=O)(=O)c1ccc(C2=C(C)OCN2c2ccccc2)cc1. The first-order valence-electron chi connectivity index (χ1n) is 8.24. The molecule has 26 heavy (non-hydrogen) atoms. The highest BCUT2D eigenvalue weighted by Crippen LogP contribution is 2.34. The third-order valence-corrected chi connectivity index (χ3v) is 5.48. The quantitative estimate of drug-likeness (QED) is 0.873. The molecule has 0 aliphatic carbocycles. The van der Waals surface area contributed by atoms with Gasteiger partial charge in [0.1, 0.15) is 5.76 Å². The van der Waals surface area contributed by atoms with Gasteiger partial charge in [-0.1, -0.05) is 37.3 Å². The number of allylic oxidation sites excluding steroid dienone is 1. The van der Waals surface area contributed by atoms with Gasteiger partial charge in [-0.15, -0.1) is 0 Å². The van der Waals surface area contributed by atoms with Gasteiger partial charge in [0.2, 0.25) is 5.91 Å². The van der Waals surface area contributed by atoms with Crippen LogP contribution in [0.25, 0.3) is 5.70 Å². The van der Waals surface area contributed by atoms with Crippen LogP contribution < -0.4 is 9.62 Å². The summed E-state index contributed by atoms with van der Waals surface area (Å²) >= 11 is 0. The van der Waals surface area contributed by atoms with Crippen LogP contribution in [0.1, 0.15) is 25.8 Å². The molecule has 6 nitrogen and oxygen atoms in total. The van der Waals surface area contributed by atoms with E-state index in [1.54, 1.807) is 19.1 Å². The number of nitrogens with zero attached hydrogens (tertiary/aromatic N) is 1. The van der Waals surface area contributed by atoms with Crippen LogP contribution >= 0.6 is 0 Å². The lowest BCUT2D eigenvalue weighted by atomic mass is 10.1. The number of carbonyl (C=O) groups is 1. The molecule has 1 aliphatic rings. The summed E-state index contributed by atoms with van der Waals surface area (Å²) in [5.74, 6) is 0.232. The van der Waals surface area contributed by atoms with Gasteiger partial charge in [-0.25, -0.2) is 13.1 Å². The lowest BCUT2D eigenvalue weighted by molar-refractivity contribution is -0.119. The van der Waals surface area contributed by atoms with Crippen molar-refractivity contribution in [2.75, 3.05) is 11.6 Å². The van der Waals surface area contributed by atoms with Gasteiger partial charge in [0.05, 0.1) is 10.6 Å². The molecule has 3 rings (SSSR count). The summed E-state index contributed by atoms with van der Waals surface area (Å²) in [6, 6.07) is 16.2. The highest BCUT2D eigenvalue weighted by molar-refractivity contribution is 7.90. The summed E-state index contributed by atoms with van der Waals surface area (Å²) in [5, 5.41) is 0. The fourth-order valence-electron chi connectivity index (χ4n) is 2.73. The first kappa shape index (κ1) is 18.0. The Morgan fingerprint density at radius 3 is 2.38 bits per heavy atom. The number of hydrogen-bond acceptors (Lipinski definition) is 5. The second kappa shape index (κ2) is 7.21. The van der Waals surface area contributed by atoms with Crippen LogP contribution in [0.2, 0.25) is 0 Å². The zero-order valence-electron chi connectivity index (χ0n) is 14.6. The zero-order chi connectivity index (χ0) is 18.7. The van der Waals surface area contributed by atoms with E-state index in [1.807, 2.05) is 46.9 Å². The third kappa shape index (κ3) is 3.57. The molecule has 0 unspecified atom stereocenters. The zero-order valence-corrected chi connectivity index (χ0v) is 15.4. The van der Waals surface area contributed by atoms with Gasteiger partial charge >= 0.3 is 0 Å². The van der Waals surface area contributed by atoms with E-state index < -0.39 is 15.9 Å². The van der Waals surface area contributed by atoms with Crippen molar-refractivity contribution in [1.29, 1.82) is 0 Å². The molecule has 1 aliphatic heterocycles. The van der Waals surface area contributed by atoms with Gasteiger partial charge < -0.3 is 9.64 Å². The largest absolute Gasteiger partial charge is 0.475 e. The van der Waals surface area contributed by atoms with Crippen molar-refractivity contribution in [2.45, 2.75) is 25.2 Å². The molecule has 1 amide bonds. The van der Waals surface area contributed by atoms with Crippen LogP contribution in [0.3, 0.4) is 0 Å². The van der Waals surface area contributed by atoms with E-state index in [0.29, 0.717) is 6.73 Å². The van der Waals surface area contributed by atoms with Crippen molar-refractivity contribution >= 4 is 27.3 Å². The van der Waals surface area contributed by atoms with E-state index in [4.69, 9.17) is 4.74 Å². The maximum absolute atomic E-state index is 12.2. The van der Waals surface area contributed by atoms with E-state index in [1.165, 1.54) is 12.1 Å². The number of rotatable bonds is 5. The molecule has 0 spiro atoms. The van der Waals surface area contributed by atoms with Gasteiger partial charge in [0.15, 0.2) is 6.73 Å². The van der Waals surface area contributed by atoms with Crippen molar-refractivity contribution in [1.82, 2.24) is 4.72 Å². The topological polar surface area (TPSA) is 75.7 Å². The minimum absolute atomic E-state index is 0.0477. The van der Waals surface area contributed by atoms with Gasteiger partial charge in [-0.3, -0.25) is 4.79 Å². The summed E-state index contributed by atoms with van der Waals surface area (Å²) in [6.45, 7) is 3.88. The van der Waals surface area contributed by atoms with E-state index in [0.717, 1.165) is 22.7 Å². The minimum Gasteiger partial charge on any atom is -0.475 e. The molecule has 0 saturated carbocycles. The number of sulfonamides is 1. The molecule has 0 fully saturated rings. The number of nitrogens with one attached hydrogen (secondary N) is 1. The lowest BCUT2D eigenvalue weighted by Crippen LogP contribution is -2.29. The van der Waals surface area contributed by atoms with Crippen LogP contribution in [0.4, 0.5) is 5.69 Å². The van der Waals surface area contributed by atoms with Crippen molar-refractivity contribution in [2.24, 2.45) is 0 Å². The number of ether oxygens (including phenoxy) is 1. The molecule has 0 saturated heterocycles. The molecule has 2 aromatic rings. The second-order valence-electron chi connectivity index (χ2n) is 5.85. The summed E-state index contributed by atoms with van der Waals surface area (Å²) in [4.78, 5) is 13.5.